The van der Waals surface area contributed by atoms with Crippen molar-refractivity contribution in [3.05, 3.63) is 16.0 Å². The number of nitrogens with one attached hydrogen (secondary N) is 1. The molecule has 1 aromatic heterocycles. The second-order valence-electron chi connectivity index (χ2n) is 2.80. The normalized spacial score (nSPS) is 9.86. The average Bonchev–Trinajstić information content (AvgIpc) is 2.32. The number of primary amides is 1. The predicted molar refractivity (Wildman–Crippen MR) is 55.0 cm³/mol. The second-order valence-corrected chi connectivity index (χ2v) is 3.79. The van der Waals surface area contributed by atoms with Crippen LogP contribution < -0.4 is 16.2 Å². The quantitative estimate of drug-likeness (QED) is 0.506. The van der Waals surface area contributed by atoms with Crippen molar-refractivity contribution in [3.63, 3.8) is 0 Å². The number of carbonyl (C=O) groups is 1. The van der Waals surface area contributed by atoms with Crippen LogP contribution >= 0.6 is 11.3 Å². The molecule has 14 heavy (non-hydrogen) atoms. The third kappa shape index (κ3) is 1.85. The van der Waals surface area contributed by atoms with Gasteiger partial charge in [-0.2, -0.15) is 0 Å². The van der Waals surface area contributed by atoms with Crippen LogP contribution in [0.4, 0.5) is 4.79 Å². The summed E-state index contributed by atoms with van der Waals surface area (Å²) >= 11 is 1.15. The molecule has 0 unspecified atom stereocenters. The van der Waals surface area contributed by atoms with Crippen LogP contribution in [0.2, 0.25) is 0 Å². The molecule has 0 saturated carbocycles. The van der Waals surface area contributed by atoms with Gasteiger partial charge in [0, 0.05) is 5.56 Å². The molecule has 1 amide bonds. The summed E-state index contributed by atoms with van der Waals surface area (Å²) in [5.41, 5.74) is 11.9. The molecule has 1 aromatic rings. The van der Waals surface area contributed by atoms with Crippen LogP contribution in [-0.4, -0.2) is 11.9 Å². The van der Waals surface area contributed by atoms with Crippen molar-refractivity contribution in [2.45, 2.75) is 13.8 Å². The zero-order valence-electron chi connectivity index (χ0n) is 7.88. The smallest absolute Gasteiger partial charge is 0.399 e. The van der Waals surface area contributed by atoms with E-state index in [0.717, 1.165) is 22.5 Å². The summed E-state index contributed by atoms with van der Waals surface area (Å²) in [4.78, 5) is 11.1. The van der Waals surface area contributed by atoms with Crippen molar-refractivity contribution in [1.29, 1.82) is 5.41 Å². The average molecular weight is 213 g/mol. The fraction of sp³-hybridized carbons (Fsp3) is 0.250. The molecular formula is C8H11N3O2S. The fourth-order valence-electron chi connectivity index (χ4n) is 1.01. The molecule has 0 radical (unpaired) electrons. The van der Waals surface area contributed by atoms with Crippen LogP contribution in [0.15, 0.2) is 0 Å². The van der Waals surface area contributed by atoms with Crippen LogP contribution in [0.5, 0.6) is 5.06 Å². The van der Waals surface area contributed by atoms with E-state index >= 15 is 0 Å². The van der Waals surface area contributed by atoms with Gasteiger partial charge in [-0.05, 0) is 19.4 Å². The number of carbonyl (C=O) groups excluding carboxylic acids is 1. The van der Waals surface area contributed by atoms with Gasteiger partial charge in [0.25, 0.3) is 0 Å². The maximum atomic E-state index is 10.5. The molecule has 0 fully saturated rings. The fourth-order valence-corrected chi connectivity index (χ4v) is 2.05. The minimum Gasteiger partial charge on any atom is -0.399 e. The Kier molecular flexibility index (Phi) is 2.76. The third-order valence-corrected chi connectivity index (χ3v) is 3.15. The Balaban J connectivity index is 3.15. The lowest BCUT2D eigenvalue weighted by Gasteiger charge is -1.97. The van der Waals surface area contributed by atoms with E-state index in [4.69, 9.17) is 21.6 Å². The van der Waals surface area contributed by atoms with Gasteiger partial charge >= 0.3 is 6.09 Å². The lowest BCUT2D eigenvalue weighted by molar-refractivity contribution is 0.212. The Hall–Kier alpha value is -1.56. The predicted octanol–water partition coefficient (Wildman–Crippen LogP) is 1.11. The summed E-state index contributed by atoms with van der Waals surface area (Å²) < 4.78 is 4.76. The lowest BCUT2D eigenvalue weighted by atomic mass is 10.2. The number of nitrogen functional groups attached to an aromatic ring is 1. The van der Waals surface area contributed by atoms with E-state index in [2.05, 4.69) is 0 Å². The van der Waals surface area contributed by atoms with Gasteiger partial charge in [0.05, 0.1) is 4.88 Å². The Morgan fingerprint density at radius 1 is 1.36 bits per heavy atom. The van der Waals surface area contributed by atoms with Gasteiger partial charge in [0.15, 0.2) is 5.06 Å². The Morgan fingerprint density at radius 3 is 2.29 bits per heavy atom. The number of nitrogens with two attached hydrogens (primary N) is 2. The zero-order chi connectivity index (χ0) is 10.9. The topological polar surface area (TPSA) is 102 Å². The first-order valence-electron chi connectivity index (χ1n) is 3.85. The highest BCUT2D eigenvalue weighted by molar-refractivity contribution is 7.16. The summed E-state index contributed by atoms with van der Waals surface area (Å²) in [5.74, 6) is -0.0325. The van der Waals surface area contributed by atoms with Gasteiger partial charge in [0.2, 0.25) is 0 Å². The molecule has 0 aliphatic carbocycles. The summed E-state index contributed by atoms with van der Waals surface area (Å²) in [6.07, 6.45) is -0.857. The van der Waals surface area contributed by atoms with E-state index in [9.17, 15) is 4.79 Å². The first-order valence-corrected chi connectivity index (χ1v) is 4.66. The van der Waals surface area contributed by atoms with E-state index in [1.54, 1.807) is 6.92 Å². The van der Waals surface area contributed by atoms with Crippen LogP contribution in [0.25, 0.3) is 0 Å². The van der Waals surface area contributed by atoms with Crippen LogP contribution in [-0.2, 0) is 0 Å². The maximum Gasteiger partial charge on any atom is 0.410 e. The molecule has 0 aliphatic rings. The SMILES string of the molecule is Cc1c(OC(N)=O)sc(C(=N)N)c1C. The van der Waals surface area contributed by atoms with Gasteiger partial charge in [-0.1, -0.05) is 11.3 Å². The molecule has 0 atom stereocenters. The minimum absolute atomic E-state index is 0.0325. The van der Waals surface area contributed by atoms with Crippen molar-refractivity contribution < 1.29 is 9.53 Å². The second kappa shape index (κ2) is 3.67. The molecule has 0 bridgehead atoms. The minimum atomic E-state index is -0.857. The van der Waals surface area contributed by atoms with Gasteiger partial charge in [-0.25, -0.2) is 4.79 Å². The van der Waals surface area contributed by atoms with Crippen LogP contribution in [0.1, 0.15) is 16.0 Å². The largest absolute Gasteiger partial charge is 0.410 e. The molecule has 1 heterocycles. The highest BCUT2D eigenvalue weighted by Gasteiger charge is 2.15. The van der Waals surface area contributed by atoms with Gasteiger partial charge in [0.1, 0.15) is 5.84 Å². The van der Waals surface area contributed by atoms with Crippen LogP contribution in [0, 0.1) is 19.3 Å². The number of ether oxygens (including phenoxy) is 1. The summed E-state index contributed by atoms with van der Waals surface area (Å²) in [6, 6.07) is 0. The molecule has 0 saturated heterocycles. The first kappa shape index (κ1) is 10.5. The van der Waals surface area contributed by atoms with E-state index < -0.39 is 6.09 Å². The number of amides is 1. The summed E-state index contributed by atoms with van der Waals surface area (Å²) in [6.45, 7) is 3.60. The highest BCUT2D eigenvalue weighted by Crippen LogP contribution is 2.33. The van der Waals surface area contributed by atoms with Gasteiger partial charge < -0.3 is 16.2 Å². The van der Waals surface area contributed by atoms with Gasteiger partial charge in [-0.15, -0.1) is 0 Å². The standard InChI is InChI=1S/C8H11N3O2S/c1-3-4(2)7(13-8(11)12)14-5(3)6(9)10/h1-2H3,(H3,9,10)(H2,11,12). The Morgan fingerprint density at radius 2 is 1.93 bits per heavy atom. The molecule has 5 nitrogen and oxygen atoms in total. The molecular weight excluding hydrogens is 202 g/mol. The Bertz CT molecular complexity index is 398. The zero-order valence-corrected chi connectivity index (χ0v) is 8.70. The van der Waals surface area contributed by atoms with Crippen molar-refractivity contribution in [2.24, 2.45) is 11.5 Å². The van der Waals surface area contributed by atoms with Gasteiger partial charge in [-0.3, -0.25) is 5.41 Å². The van der Waals surface area contributed by atoms with Crippen LogP contribution in [0.3, 0.4) is 0 Å². The maximum absolute atomic E-state index is 10.5. The molecule has 76 valence electrons. The van der Waals surface area contributed by atoms with E-state index in [-0.39, 0.29) is 5.84 Å². The molecule has 5 N–H and O–H groups in total. The molecule has 0 aliphatic heterocycles. The number of hydrogen-bond donors (Lipinski definition) is 3. The highest BCUT2D eigenvalue weighted by atomic mass is 32.1. The van der Waals surface area contributed by atoms with Crippen molar-refractivity contribution in [3.8, 4) is 5.06 Å². The van der Waals surface area contributed by atoms with E-state index in [1.165, 1.54) is 0 Å². The Labute approximate surface area is 85.2 Å². The molecule has 0 spiro atoms. The number of thiophene rings is 1. The molecule has 1 rings (SSSR count). The monoisotopic (exact) mass is 213 g/mol. The van der Waals surface area contributed by atoms with Crippen molar-refractivity contribution >= 4 is 23.3 Å². The number of rotatable bonds is 2. The van der Waals surface area contributed by atoms with E-state index in [0.29, 0.717) is 9.94 Å². The third-order valence-electron chi connectivity index (χ3n) is 1.84. The number of amidine groups is 1. The van der Waals surface area contributed by atoms with Crippen molar-refractivity contribution in [1.82, 2.24) is 0 Å². The number of hydrogen-bond acceptors (Lipinski definition) is 4. The van der Waals surface area contributed by atoms with Crippen molar-refractivity contribution in [2.75, 3.05) is 0 Å². The summed E-state index contributed by atoms with van der Waals surface area (Å²) in [7, 11) is 0. The lowest BCUT2D eigenvalue weighted by Crippen LogP contribution is -2.15. The summed E-state index contributed by atoms with van der Waals surface area (Å²) in [5, 5.41) is 7.69. The molecule has 6 heteroatoms. The first-order chi connectivity index (χ1) is 6.43. The van der Waals surface area contributed by atoms with E-state index in [1.807, 2.05) is 6.92 Å². The molecule has 0 aromatic carbocycles.